The molecule has 0 saturated carbocycles. The predicted octanol–water partition coefficient (Wildman–Crippen LogP) is 1.42. The van der Waals surface area contributed by atoms with Gasteiger partial charge in [-0.05, 0) is 19.8 Å². The van der Waals surface area contributed by atoms with Crippen molar-refractivity contribution in [2.24, 2.45) is 0 Å². The van der Waals surface area contributed by atoms with Gasteiger partial charge in [-0.25, -0.2) is 0 Å². The van der Waals surface area contributed by atoms with E-state index >= 15 is 0 Å². The Hall–Kier alpha value is -0.460. The first kappa shape index (κ1) is 5.67. The first-order chi connectivity index (χ1) is 3.93. The van der Waals surface area contributed by atoms with Gasteiger partial charge < -0.3 is 4.90 Å². The molecule has 1 nitrogen and oxygen atoms in total. The minimum atomic E-state index is 1.21. The Morgan fingerprint density at radius 1 is 1.38 bits per heavy atom. The van der Waals surface area contributed by atoms with Gasteiger partial charge in [-0.3, -0.25) is 0 Å². The molecule has 1 fully saturated rings. The lowest BCUT2D eigenvalue weighted by Crippen LogP contribution is -2.10. The Bertz CT molecular complexity index is 80.4. The second-order valence-electron chi connectivity index (χ2n) is 2.11. The van der Waals surface area contributed by atoms with Crippen LogP contribution in [-0.4, -0.2) is 18.0 Å². The molecule has 0 bridgehead atoms. The monoisotopic (exact) mass is 110 g/mol. The highest BCUT2D eigenvalue weighted by Gasteiger charge is 2.05. The van der Waals surface area contributed by atoms with Crippen molar-refractivity contribution in [3.8, 4) is 0 Å². The van der Waals surface area contributed by atoms with Crippen LogP contribution in [-0.2, 0) is 0 Å². The topological polar surface area (TPSA) is 3.24 Å². The molecule has 0 N–H and O–H groups in total. The zero-order valence-corrected chi connectivity index (χ0v) is 5.35. The molecular weight excluding hydrogens is 98.1 g/mol. The van der Waals surface area contributed by atoms with Crippen molar-refractivity contribution in [3.63, 3.8) is 0 Å². The molecule has 0 atom stereocenters. The number of hydrogen-bond acceptors (Lipinski definition) is 1. The van der Waals surface area contributed by atoms with Crippen molar-refractivity contribution in [2.45, 2.75) is 19.8 Å². The van der Waals surface area contributed by atoms with Gasteiger partial charge in [0.2, 0.25) is 0 Å². The van der Waals surface area contributed by atoms with E-state index in [4.69, 9.17) is 0 Å². The van der Waals surface area contributed by atoms with Crippen LogP contribution in [0, 0.1) is 6.20 Å². The molecule has 1 radical (unpaired) electrons. The van der Waals surface area contributed by atoms with Crippen LogP contribution in [0.1, 0.15) is 19.8 Å². The number of likely N-dealkylation sites (tertiary alicyclic amines) is 1. The first-order valence-electron chi connectivity index (χ1n) is 3.22. The van der Waals surface area contributed by atoms with E-state index in [0.29, 0.717) is 0 Å². The summed E-state index contributed by atoms with van der Waals surface area (Å²) in [5.41, 5.74) is 0. The van der Waals surface area contributed by atoms with Gasteiger partial charge in [0.15, 0.2) is 0 Å². The zero-order valence-electron chi connectivity index (χ0n) is 5.35. The van der Waals surface area contributed by atoms with Crippen LogP contribution in [0.5, 0.6) is 0 Å². The fourth-order valence-corrected chi connectivity index (χ4v) is 1.03. The molecule has 1 heteroatoms. The van der Waals surface area contributed by atoms with Gasteiger partial charge in [0.25, 0.3) is 0 Å². The summed E-state index contributed by atoms with van der Waals surface area (Å²) in [5.74, 6) is 0. The lowest BCUT2D eigenvalue weighted by atomic mass is 10.4. The van der Waals surface area contributed by atoms with E-state index in [1.54, 1.807) is 0 Å². The molecule has 1 aliphatic heterocycles. The minimum absolute atomic E-state index is 1.21. The fraction of sp³-hybridized carbons (Fsp3) is 0.714. The number of nitrogens with zero attached hydrogens (tertiary/aromatic N) is 1. The average molecular weight is 110 g/mol. The minimum Gasteiger partial charge on any atom is -0.370 e. The van der Waals surface area contributed by atoms with Gasteiger partial charge in [-0.1, -0.05) is 6.08 Å². The van der Waals surface area contributed by atoms with Crippen molar-refractivity contribution in [3.05, 3.63) is 12.3 Å². The molecule has 1 aliphatic rings. The maximum Gasteiger partial charge on any atom is 0.0557 e. The summed E-state index contributed by atoms with van der Waals surface area (Å²) < 4.78 is 0. The summed E-state index contributed by atoms with van der Waals surface area (Å²) in [5, 5.41) is 0. The highest BCUT2D eigenvalue weighted by molar-refractivity contribution is 4.74. The molecular formula is C7H12N. The lowest BCUT2D eigenvalue weighted by molar-refractivity contribution is 0.446. The van der Waals surface area contributed by atoms with E-state index in [0.717, 1.165) is 0 Å². The summed E-state index contributed by atoms with van der Waals surface area (Å²) in [7, 11) is 0. The Balaban J connectivity index is 2.24. The second-order valence-corrected chi connectivity index (χ2v) is 2.11. The van der Waals surface area contributed by atoms with Gasteiger partial charge in [0.05, 0.1) is 6.20 Å². The number of rotatable bonds is 1. The molecule has 0 aliphatic carbocycles. The summed E-state index contributed by atoms with van der Waals surface area (Å²) >= 11 is 0. The van der Waals surface area contributed by atoms with Crippen molar-refractivity contribution < 1.29 is 0 Å². The second kappa shape index (κ2) is 2.75. The molecule has 0 aromatic rings. The highest BCUT2D eigenvalue weighted by Crippen LogP contribution is 2.05. The van der Waals surface area contributed by atoms with Gasteiger partial charge >= 0.3 is 0 Å². The van der Waals surface area contributed by atoms with E-state index in [1.165, 1.54) is 25.9 Å². The maximum absolute atomic E-state index is 3.15. The largest absolute Gasteiger partial charge is 0.370 e. The Kier molecular flexibility index (Phi) is 1.95. The van der Waals surface area contributed by atoms with E-state index in [1.807, 2.05) is 13.0 Å². The van der Waals surface area contributed by atoms with E-state index in [9.17, 15) is 0 Å². The molecule has 1 heterocycles. The number of hydrogen-bond donors (Lipinski definition) is 0. The van der Waals surface area contributed by atoms with E-state index < -0.39 is 0 Å². The van der Waals surface area contributed by atoms with Crippen molar-refractivity contribution in [1.29, 1.82) is 0 Å². The molecule has 1 rings (SSSR count). The Labute approximate surface area is 51.0 Å². The third kappa shape index (κ3) is 1.25. The van der Waals surface area contributed by atoms with Crippen LogP contribution in [0.25, 0.3) is 0 Å². The van der Waals surface area contributed by atoms with Gasteiger partial charge in [-0.15, -0.1) is 0 Å². The van der Waals surface area contributed by atoms with Crippen LogP contribution in [0.2, 0.25) is 0 Å². The SMILES string of the molecule is C/C=[C]/N1CCCC1. The average Bonchev–Trinajstić information content (AvgIpc) is 2.19. The van der Waals surface area contributed by atoms with Gasteiger partial charge in [-0.2, -0.15) is 0 Å². The molecule has 1 saturated heterocycles. The standard InChI is InChI=1S/C7H12N/c1-2-5-8-6-3-4-7-8/h2H,3-4,6-7H2,1H3. The lowest BCUT2D eigenvalue weighted by Gasteiger charge is -2.07. The molecule has 0 aromatic carbocycles. The van der Waals surface area contributed by atoms with Crippen LogP contribution in [0.3, 0.4) is 0 Å². The number of allylic oxidation sites excluding steroid dienone is 1. The molecule has 8 heavy (non-hydrogen) atoms. The third-order valence-electron chi connectivity index (χ3n) is 1.42. The third-order valence-corrected chi connectivity index (χ3v) is 1.42. The Morgan fingerprint density at radius 2 is 2.00 bits per heavy atom. The highest BCUT2D eigenvalue weighted by atomic mass is 15.1. The summed E-state index contributed by atoms with van der Waals surface area (Å²) in [4.78, 5) is 2.24. The predicted molar refractivity (Wildman–Crippen MR) is 34.3 cm³/mol. The Morgan fingerprint density at radius 3 is 2.50 bits per heavy atom. The van der Waals surface area contributed by atoms with Crippen LogP contribution >= 0.6 is 0 Å². The van der Waals surface area contributed by atoms with Crippen molar-refractivity contribution >= 4 is 0 Å². The first-order valence-corrected chi connectivity index (χ1v) is 3.22. The molecule has 45 valence electrons. The molecule has 0 aromatic heterocycles. The van der Waals surface area contributed by atoms with Crippen LogP contribution in [0.4, 0.5) is 0 Å². The summed E-state index contributed by atoms with van der Waals surface area (Å²) in [6.07, 6.45) is 7.83. The quantitative estimate of drug-likeness (QED) is 0.493. The van der Waals surface area contributed by atoms with Crippen LogP contribution in [0.15, 0.2) is 6.08 Å². The normalized spacial score (nSPS) is 20.9. The van der Waals surface area contributed by atoms with Crippen molar-refractivity contribution in [1.82, 2.24) is 4.90 Å². The summed E-state index contributed by atoms with van der Waals surface area (Å²) in [6.45, 7) is 4.44. The van der Waals surface area contributed by atoms with E-state index in [2.05, 4.69) is 11.1 Å². The van der Waals surface area contributed by atoms with Crippen LogP contribution < -0.4 is 0 Å². The van der Waals surface area contributed by atoms with Gasteiger partial charge in [0, 0.05) is 13.1 Å². The van der Waals surface area contributed by atoms with E-state index in [-0.39, 0.29) is 0 Å². The van der Waals surface area contributed by atoms with Gasteiger partial charge in [0.1, 0.15) is 0 Å². The smallest absolute Gasteiger partial charge is 0.0557 e. The molecule has 0 unspecified atom stereocenters. The van der Waals surface area contributed by atoms with Crippen molar-refractivity contribution in [2.75, 3.05) is 13.1 Å². The fourth-order valence-electron chi connectivity index (χ4n) is 1.03. The molecule has 0 spiro atoms. The zero-order chi connectivity index (χ0) is 5.82. The molecule has 0 amide bonds. The summed E-state index contributed by atoms with van der Waals surface area (Å²) in [6, 6.07) is 0. The maximum atomic E-state index is 3.15.